The molecule has 1 aliphatic rings. The van der Waals surface area contributed by atoms with Crippen molar-refractivity contribution in [1.82, 2.24) is 4.90 Å². The lowest BCUT2D eigenvalue weighted by Crippen LogP contribution is -2.19. The van der Waals surface area contributed by atoms with E-state index in [-0.39, 0.29) is 5.75 Å². The van der Waals surface area contributed by atoms with Crippen molar-refractivity contribution in [3.63, 3.8) is 0 Å². The molecule has 0 spiro atoms. The molecule has 25 heavy (non-hydrogen) atoms. The van der Waals surface area contributed by atoms with Crippen LogP contribution in [0.25, 0.3) is 0 Å². The van der Waals surface area contributed by atoms with Gasteiger partial charge in [0.15, 0.2) is 0 Å². The Hall–Kier alpha value is -1.85. The van der Waals surface area contributed by atoms with Crippen LogP contribution in [-0.4, -0.2) is 25.6 Å². The van der Waals surface area contributed by atoms with Gasteiger partial charge in [-0.2, -0.15) is 0 Å². The van der Waals surface area contributed by atoms with Crippen LogP contribution in [0, 0.1) is 0 Å². The first-order chi connectivity index (χ1) is 12.1. The van der Waals surface area contributed by atoms with Gasteiger partial charge in [0.05, 0.1) is 5.75 Å². The number of anilines is 1. The van der Waals surface area contributed by atoms with Gasteiger partial charge in [-0.25, -0.2) is 8.42 Å². The highest BCUT2D eigenvalue weighted by Gasteiger charge is 2.19. The predicted octanol–water partition coefficient (Wildman–Crippen LogP) is 3.79. The summed E-state index contributed by atoms with van der Waals surface area (Å²) in [4.78, 5) is 2.41. The van der Waals surface area contributed by atoms with Gasteiger partial charge in [-0.05, 0) is 41.7 Å². The fraction of sp³-hybridized carbons (Fsp3) is 0.400. The summed E-state index contributed by atoms with van der Waals surface area (Å²) in [5, 5.41) is 0. The molecule has 0 saturated heterocycles. The first-order valence-corrected chi connectivity index (χ1v) is 10.6. The van der Waals surface area contributed by atoms with E-state index in [2.05, 4.69) is 40.0 Å². The Balaban J connectivity index is 1.59. The van der Waals surface area contributed by atoms with Gasteiger partial charge in [0.2, 0.25) is 10.0 Å². The Bertz CT molecular complexity index is 804. The molecule has 4 nitrogen and oxygen atoms in total. The summed E-state index contributed by atoms with van der Waals surface area (Å²) >= 11 is 0. The number of rotatable bonds is 8. The summed E-state index contributed by atoms with van der Waals surface area (Å²) in [6, 6.07) is 16.4. The van der Waals surface area contributed by atoms with Crippen LogP contribution in [0.4, 0.5) is 5.69 Å². The van der Waals surface area contributed by atoms with Crippen molar-refractivity contribution in [2.75, 3.05) is 17.0 Å². The number of nitrogens with zero attached hydrogens (tertiary/aromatic N) is 1. The fourth-order valence-corrected chi connectivity index (χ4v) is 4.44. The second kappa shape index (κ2) is 8.02. The molecule has 0 aromatic heterocycles. The Morgan fingerprint density at radius 3 is 2.56 bits per heavy atom. The van der Waals surface area contributed by atoms with Crippen molar-refractivity contribution in [3.05, 3.63) is 65.2 Å². The topological polar surface area (TPSA) is 49.4 Å². The molecule has 2 aromatic rings. The molecule has 0 unspecified atom stereocenters. The first kappa shape index (κ1) is 18.0. The zero-order valence-corrected chi connectivity index (χ0v) is 15.6. The number of benzene rings is 2. The molecule has 0 aliphatic carbocycles. The van der Waals surface area contributed by atoms with E-state index in [1.165, 1.54) is 16.7 Å². The van der Waals surface area contributed by atoms with E-state index in [1.807, 2.05) is 25.1 Å². The third kappa shape index (κ3) is 5.06. The normalized spacial score (nSPS) is 14.4. The monoisotopic (exact) mass is 358 g/mol. The van der Waals surface area contributed by atoms with Crippen LogP contribution < -0.4 is 4.72 Å². The van der Waals surface area contributed by atoms with Crippen LogP contribution in [0.5, 0.6) is 0 Å². The van der Waals surface area contributed by atoms with Crippen molar-refractivity contribution in [1.29, 1.82) is 0 Å². The standard InChI is InChI=1S/C20H26N2O2S/c1-2-3-13-25(23,24)21-20-10-9-18-15-22(16-19(18)14-20)12-11-17-7-5-4-6-8-17/h4-10,14,21H,2-3,11-13,15-16H2,1H3. The summed E-state index contributed by atoms with van der Waals surface area (Å²) in [6.45, 7) is 4.82. The molecule has 0 radical (unpaired) electrons. The highest BCUT2D eigenvalue weighted by atomic mass is 32.2. The van der Waals surface area contributed by atoms with Crippen molar-refractivity contribution in [2.45, 2.75) is 39.3 Å². The van der Waals surface area contributed by atoms with Gasteiger partial charge in [-0.15, -0.1) is 0 Å². The third-order valence-corrected chi connectivity index (χ3v) is 5.97. The van der Waals surface area contributed by atoms with Crippen molar-refractivity contribution in [3.8, 4) is 0 Å². The van der Waals surface area contributed by atoms with Crippen LogP contribution in [0.2, 0.25) is 0 Å². The minimum atomic E-state index is -3.24. The van der Waals surface area contributed by atoms with E-state index in [0.717, 1.165) is 32.5 Å². The zero-order valence-electron chi connectivity index (χ0n) is 14.7. The molecule has 0 atom stereocenters. The van der Waals surface area contributed by atoms with Crippen LogP contribution >= 0.6 is 0 Å². The van der Waals surface area contributed by atoms with E-state index in [0.29, 0.717) is 12.1 Å². The average Bonchev–Trinajstić information content (AvgIpc) is 3.01. The lowest BCUT2D eigenvalue weighted by atomic mass is 10.1. The second-order valence-electron chi connectivity index (χ2n) is 6.70. The number of sulfonamides is 1. The van der Waals surface area contributed by atoms with Gasteiger partial charge in [-0.3, -0.25) is 9.62 Å². The van der Waals surface area contributed by atoms with E-state index in [4.69, 9.17) is 0 Å². The van der Waals surface area contributed by atoms with E-state index in [1.54, 1.807) is 0 Å². The van der Waals surface area contributed by atoms with Gasteiger partial charge >= 0.3 is 0 Å². The van der Waals surface area contributed by atoms with Gasteiger partial charge in [0, 0.05) is 25.3 Å². The fourth-order valence-electron chi connectivity index (χ4n) is 3.18. The van der Waals surface area contributed by atoms with Crippen LogP contribution in [-0.2, 0) is 29.5 Å². The molecule has 1 heterocycles. The predicted molar refractivity (Wildman–Crippen MR) is 103 cm³/mol. The maximum atomic E-state index is 12.1. The van der Waals surface area contributed by atoms with E-state index in [9.17, 15) is 8.42 Å². The molecular formula is C20H26N2O2S. The van der Waals surface area contributed by atoms with Crippen LogP contribution in [0.1, 0.15) is 36.5 Å². The Morgan fingerprint density at radius 2 is 1.80 bits per heavy atom. The minimum Gasteiger partial charge on any atom is -0.294 e. The number of nitrogens with one attached hydrogen (secondary N) is 1. The summed E-state index contributed by atoms with van der Waals surface area (Å²) < 4.78 is 26.8. The molecule has 0 fully saturated rings. The molecule has 0 saturated carbocycles. The largest absolute Gasteiger partial charge is 0.294 e. The summed E-state index contributed by atoms with van der Waals surface area (Å²) in [5.41, 5.74) is 4.55. The quantitative estimate of drug-likeness (QED) is 0.781. The van der Waals surface area contributed by atoms with Crippen molar-refractivity contribution in [2.24, 2.45) is 0 Å². The maximum Gasteiger partial charge on any atom is 0.232 e. The van der Waals surface area contributed by atoms with Crippen LogP contribution in [0.3, 0.4) is 0 Å². The average molecular weight is 359 g/mol. The van der Waals surface area contributed by atoms with Gasteiger partial charge in [-0.1, -0.05) is 49.7 Å². The van der Waals surface area contributed by atoms with Gasteiger partial charge in [0.25, 0.3) is 0 Å². The third-order valence-electron chi connectivity index (χ3n) is 4.59. The molecule has 0 amide bonds. The molecule has 3 rings (SSSR count). The van der Waals surface area contributed by atoms with Gasteiger partial charge < -0.3 is 0 Å². The lowest BCUT2D eigenvalue weighted by Gasteiger charge is -2.14. The molecular weight excluding hydrogens is 332 g/mol. The van der Waals surface area contributed by atoms with Gasteiger partial charge in [0.1, 0.15) is 0 Å². The maximum absolute atomic E-state index is 12.1. The number of unbranched alkanes of at least 4 members (excludes halogenated alkanes) is 1. The molecule has 0 bridgehead atoms. The van der Waals surface area contributed by atoms with E-state index < -0.39 is 10.0 Å². The van der Waals surface area contributed by atoms with Crippen LogP contribution in [0.15, 0.2) is 48.5 Å². The highest BCUT2D eigenvalue weighted by Crippen LogP contribution is 2.26. The Kier molecular flexibility index (Phi) is 5.76. The molecule has 1 N–H and O–H groups in total. The summed E-state index contributed by atoms with van der Waals surface area (Å²) in [6.07, 6.45) is 2.60. The number of hydrogen-bond acceptors (Lipinski definition) is 3. The summed E-state index contributed by atoms with van der Waals surface area (Å²) in [7, 11) is -3.24. The van der Waals surface area contributed by atoms with Crippen molar-refractivity contribution >= 4 is 15.7 Å². The summed E-state index contributed by atoms with van der Waals surface area (Å²) in [5.74, 6) is 0.184. The van der Waals surface area contributed by atoms with Crippen molar-refractivity contribution < 1.29 is 8.42 Å². The number of hydrogen-bond donors (Lipinski definition) is 1. The Morgan fingerprint density at radius 1 is 1.04 bits per heavy atom. The SMILES string of the molecule is CCCCS(=O)(=O)Nc1ccc2c(c1)CN(CCc1ccccc1)C2. The minimum absolute atomic E-state index is 0.184. The first-order valence-electron chi connectivity index (χ1n) is 8.94. The second-order valence-corrected chi connectivity index (χ2v) is 8.55. The number of fused-ring (bicyclic) bond motifs is 1. The molecule has 1 aliphatic heterocycles. The lowest BCUT2D eigenvalue weighted by molar-refractivity contribution is 0.288. The highest BCUT2D eigenvalue weighted by molar-refractivity contribution is 7.92. The molecule has 2 aromatic carbocycles. The Labute approximate surface area is 150 Å². The molecule has 134 valence electrons. The smallest absolute Gasteiger partial charge is 0.232 e. The zero-order chi connectivity index (χ0) is 17.7. The van der Waals surface area contributed by atoms with E-state index >= 15 is 0 Å². The molecule has 5 heteroatoms.